The van der Waals surface area contributed by atoms with Gasteiger partial charge in [-0.15, -0.1) is 0 Å². The van der Waals surface area contributed by atoms with Crippen LogP contribution in [0.5, 0.6) is 0 Å². The highest BCUT2D eigenvalue weighted by Gasteiger charge is 2.34. The molecule has 21 heavy (non-hydrogen) atoms. The highest BCUT2D eigenvalue weighted by molar-refractivity contribution is 5.72. The lowest BCUT2D eigenvalue weighted by Crippen LogP contribution is -2.37. The molecule has 1 aromatic rings. The molecule has 0 saturated carbocycles. The second-order valence-corrected chi connectivity index (χ2v) is 4.77. The van der Waals surface area contributed by atoms with E-state index in [-0.39, 0.29) is 17.7 Å². The lowest BCUT2D eigenvalue weighted by molar-refractivity contribution is -0.148. The van der Waals surface area contributed by atoms with Crippen LogP contribution in [0, 0.1) is 5.92 Å². The Hall–Kier alpha value is -1.86. The molecule has 1 fully saturated rings. The average molecular weight is 303 g/mol. The van der Waals surface area contributed by atoms with E-state index >= 15 is 0 Å². The number of hydrogen-bond donors (Lipinski definition) is 0. The fourth-order valence-corrected chi connectivity index (χ4v) is 2.28. The number of anilines is 1. The quantitative estimate of drug-likeness (QED) is 0.802. The molecule has 2 rings (SSSR count). The summed E-state index contributed by atoms with van der Waals surface area (Å²) in [6, 6.07) is 0.935. The molecule has 8 heteroatoms. The van der Waals surface area contributed by atoms with Gasteiger partial charge in [-0.2, -0.15) is 13.2 Å². The molecular weight excluding hydrogens is 287 g/mol. The number of carbonyl (C=O) groups is 1. The number of halogens is 3. The van der Waals surface area contributed by atoms with E-state index in [2.05, 4.69) is 9.97 Å². The molecule has 0 spiro atoms. The molecule has 0 amide bonds. The Kier molecular flexibility index (Phi) is 4.64. The highest BCUT2D eigenvalue weighted by atomic mass is 19.4. The first-order valence-electron chi connectivity index (χ1n) is 6.72. The molecule has 116 valence electrons. The maximum Gasteiger partial charge on any atom is 0.433 e. The van der Waals surface area contributed by atoms with Crippen molar-refractivity contribution in [2.24, 2.45) is 5.92 Å². The molecule has 1 aliphatic heterocycles. The smallest absolute Gasteiger partial charge is 0.433 e. The summed E-state index contributed by atoms with van der Waals surface area (Å²) in [5.74, 6) is -0.194. The summed E-state index contributed by atoms with van der Waals surface area (Å²) < 4.78 is 42.8. The number of carbonyl (C=O) groups excluding carboxylic acids is 1. The molecule has 2 heterocycles. The van der Waals surface area contributed by atoms with Crippen LogP contribution in [0.25, 0.3) is 0 Å². The number of aromatic nitrogens is 2. The largest absolute Gasteiger partial charge is 0.466 e. The van der Waals surface area contributed by atoms with Gasteiger partial charge in [0.25, 0.3) is 0 Å². The predicted octanol–water partition coefficient (Wildman–Crippen LogP) is 2.27. The van der Waals surface area contributed by atoms with Gasteiger partial charge in [-0.3, -0.25) is 4.79 Å². The Morgan fingerprint density at radius 1 is 1.38 bits per heavy atom. The number of nitrogens with zero attached hydrogens (tertiary/aromatic N) is 3. The minimum atomic E-state index is -4.49. The zero-order valence-electron chi connectivity index (χ0n) is 11.6. The maximum absolute atomic E-state index is 12.6. The van der Waals surface area contributed by atoms with E-state index in [0.29, 0.717) is 32.5 Å². The Morgan fingerprint density at radius 2 is 2.05 bits per heavy atom. The zero-order chi connectivity index (χ0) is 15.5. The second-order valence-electron chi connectivity index (χ2n) is 4.77. The van der Waals surface area contributed by atoms with E-state index in [1.165, 1.54) is 0 Å². The van der Waals surface area contributed by atoms with E-state index in [9.17, 15) is 18.0 Å². The van der Waals surface area contributed by atoms with Gasteiger partial charge in [-0.25, -0.2) is 9.97 Å². The van der Waals surface area contributed by atoms with Crippen molar-refractivity contribution in [3.05, 3.63) is 18.1 Å². The van der Waals surface area contributed by atoms with Crippen LogP contribution in [0.3, 0.4) is 0 Å². The fraction of sp³-hybridized carbons (Fsp3) is 0.615. The molecule has 0 aromatic carbocycles. The lowest BCUT2D eigenvalue weighted by atomic mass is 9.97. The molecule has 0 unspecified atom stereocenters. The number of piperidine rings is 1. The van der Waals surface area contributed by atoms with Crippen molar-refractivity contribution < 1.29 is 22.7 Å². The lowest BCUT2D eigenvalue weighted by Gasteiger charge is -2.31. The summed E-state index contributed by atoms with van der Waals surface area (Å²) in [5.41, 5.74) is -0.958. The van der Waals surface area contributed by atoms with Gasteiger partial charge in [-0.05, 0) is 19.8 Å². The van der Waals surface area contributed by atoms with Crippen LogP contribution in [-0.2, 0) is 15.7 Å². The number of ether oxygens (including phenoxy) is 1. The molecule has 1 aromatic heterocycles. The van der Waals surface area contributed by atoms with E-state index in [1.807, 2.05) is 0 Å². The van der Waals surface area contributed by atoms with Crippen molar-refractivity contribution in [1.82, 2.24) is 9.97 Å². The highest BCUT2D eigenvalue weighted by Crippen LogP contribution is 2.30. The number of esters is 1. The Morgan fingerprint density at radius 3 is 2.62 bits per heavy atom. The molecule has 1 aliphatic rings. The van der Waals surface area contributed by atoms with Crippen molar-refractivity contribution >= 4 is 11.8 Å². The third kappa shape index (κ3) is 3.83. The van der Waals surface area contributed by atoms with Gasteiger partial charge >= 0.3 is 12.1 Å². The molecule has 0 radical (unpaired) electrons. The summed E-state index contributed by atoms with van der Waals surface area (Å²) in [5, 5.41) is 0. The van der Waals surface area contributed by atoms with Crippen LogP contribution in [0.1, 0.15) is 25.5 Å². The van der Waals surface area contributed by atoms with E-state index in [0.717, 1.165) is 12.4 Å². The maximum atomic E-state index is 12.6. The second kappa shape index (κ2) is 6.28. The summed E-state index contributed by atoms with van der Waals surface area (Å²) in [6.45, 7) is 3.02. The van der Waals surface area contributed by atoms with Crippen molar-refractivity contribution in [2.75, 3.05) is 24.6 Å². The van der Waals surface area contributed by atoms with Crippen molar-refractivity contribution in [3.63, 3.8) is 0 Å². The molecule has 0 bridgehead atoms. The standard InChI is InChI=1S/C13H16F3N3O2/c1-2-21-12(20)9-3-5-19(6-4-9)11-7-10(13(14,15)16)17-8-18-11/h7-9H,2-6H2,1H3. The first kappa shape index (κ1) is 15.5. The van der Waals surface area contributed by atoms with E-state index in [1.54, 1.807) is 11.8 Å². The topological polar surface area (TPSA) is 55.3 Å². The molecular formula is C13H16F3N3O2. The van der Waals surface area contributed by atoms with Gasteiger partial charge in [0.15, 0.2) is 0 Å². The SMILES string of the molecule is CCOC(=O)C1CCN(c2cc(C(F)(F)F)ncn2)CC1. The Balaban J connectivity index is 2.01. The summed E-state index contributed by atoms with van der Waals surface area (Å²) in [6.07, 6.45) is -2.48. The van der Waals surface area contributed by atoms with Gasteiger partial charge in [0.05, 0.1) is 12.5 Å². The van der Waals surface area contributed by atoms with Gasteiger partial charge in [0.1, 0.15) is 17.8 Å². The summed E-state index contributed by atoms with van der Waals surface area (Å²) in [7, 11) is 0. The molecule has 1 saturated heterocycles. The first-order valence-corrected chi connectivity index (χ1v) is 6.72. The van der Waals surface area contributed by atoms with Crippen LogP contribution in [0.2, 0.25) is 0 Å². The number of alkyl halides is 3. The Bertz CT molecular complexity index is 500. The molecule has 5 nitrogen and oxygen atoms in total. The third-order valence-corrected chi connectivity index (χ3v) is 3.38. The molecule has 0 atom stereocenters. The van der Waals surface area contributed by atoms with Crippen LogP contribution in [0.15, 0.2) is 12.4 Å². The monoisotopic (exact) mass is 303 g/mol. The van der Waals surface area contributed by atoms with Crippen LogP contribution < -0.4 is 4.90 Å². The fourth-order valence-electron chi connectivity index (χ4n) is 2.28. The van der Waals surface area contributed by atoms with Crippen molar-refractivity contribution in [2.45, 2.75) is 25.9 Å². The van der Waals surface area contributed by atoms with E-state index < -0.39 is 11.9 Å². The van der Waals surface area contributed by atoms with Crippen molar-refractivity contribution in [1.29, 1.82) is 0 Å². The predicted molar refractivity (Wildman–Crippen MR) is 68.6 cm³/mol. The minimum Gasteiger partial charge on any atom is -0.466 e. The number of rotatable bonds is 3. The third-order valence-electron chi connectivity index (χ3n) is 3.38. The van der Waals surface area contributed by atoms with Gasteiger partial charge in [0, 0.05) is 19.2 Å². The zero-order valence-corrected chi connectivity index (χ0v) is 11.6. The van der Waals surface area contributed by atoms with Crippen LogP contribution >= 0.6 is 0 Å². The number of hydrogen-bond acceptors (Lipinski definition) is 5. The van der Waals surface area contributed by atoms with Gasteiger partial charge < -0.3 is 9.64 Å². The Labute approximate surface area is 120 Å². The average Bonchev–Trinajstić information content (AvgIpc) is 2.47. The molecule has 0 aliphatic carbocycles. The van der Waals surface area contributed by atoms with Gasteiger partial charge in [0.2, 0.25) is 0 Å². The van der Waals surface area contributed by atoms with E-state index in [4.69, 9.17) is 4.74 Å². The van der Waals surface area contributed by atoms with Gasteiger partial charge in [-0.1, -0.05) is 0 Å². The normalized spacial score (nSPS) is 16.9. The van der Waals surface area contributed by atoms with Crippen LogP contribution in [0.4, 0.5) is 19.0 Å². The first-order chi connectivity index (χ1) is 9.91. The summed E-state index contributed by atoms with van der Waals surface area (Å²) >= 11 is 0. The van der Waals surface area contributed by atoms with Crippen LogP contribution in [-0.4, -0.2) is 35.6 Å². The minimum absolute atomic E-state index is 0.190. The van der Waals surface area contributed by atoms with Crippen molar-refractivity contribution in [3.8, 4) is 0 Å². The molecule has 0 N–H and O–H groups in total. The summed E-state index contributed by atoms with van der Waals surface area (Å²) in [4.78, 5) is 20.5.